The number of hydrogen-bond donors (Lipinski definition) is 0. The van der Waals surface area contributed by atoms with Crippen LogP contribution in [0, 0.1) is 19.7 Å². The summed E-state index contributed by atoms with van der Waals surface area (Å²) in [6.45, 7) is 9.94. The van der Waals surface area contributed by atoms with Crippen LogP contribution in [-0.4, -0.2) is 39.6 Å². The second-order valence-corrected chi connectivity index (χ2v) is 8.71. The average molecular weight is 402 g/mol. The van der Waals surface area contributed by atoms with Crippen LogP contribution in [0.2, 0.25) is 0 Å². The number of benzene rings is 2. The highest BCUT2D eigenvalue weighted by molar-refractivity contribution is 7.95. The van der Waals surface area contributed by atoms with E-state index in [1.54, 1.807) is 0 Å². The van der Waals surface area contributed by atoms with Crippen LogP contribution < -0.4 is 0 Å². The van der Waals surface area contributed by atoms with Gasteiger partial charge in [0.05, 0.1) is 28.7 Å². The molecule has 1 saturated heterocycles. The molecule has 0 N–H and O–H groups in total. The quantitative estimate of drug-likeness (QED) is 0.559. The van der Waals surface area contributed by atoms with E-state index in [2.05, 4.69) is 6.58 Å². The first-order valence-electron chi connectivity index (χ1n) is 9.12. The van der Waals surface area contributed by atoms with Crippen molar-refractivity contribution in [3.05, 3.63) is 82.5 Å². The van der Waals surface area contributed by atoms with Crippen LogP contribution in [0.15, 0.2) is 64.9 Å². The van der Waals surface area contributed by atoms with Gasteiger partial charge in [-0.1, -0.05) is 24.3 Å². The number of rotatable bonds is 5. The van der Waals surface area contributed by atoms with Gasteiger partial charge in [0.1, 0.15) is 5.82 Å². The maximum Gasteiger partial charge on any atom is 0.208 e. The molecule has 0 spiro atoms. The van der Waals surface area contributed by atoms with E-state index in [4.69, 9.17) is 4.74 Å². The lowest BCUT2D eigenvalue weighted by atomic mass is 10.0. The third kappa shape index (κ3) is 4.03. The standard InChI is InChI=1S/C22H24FNO3S/c1-4-21(28(25,26)19-9-7-18(23)8-10-19)22(24-11-13-27-14-12-24)20-15-16(2)5-6-17(20)3/h4-10,15H,1,11-14H2,2-3H3/b22-21-. The molecule has 0 bridgehead atoms. The van der Waals surface area contributed by atoms with Gasteiger partial charge >= 0.3 is 0 Å². The summed E-state index contributed by atoms with van der Waals surface area (Å²) >= 11 is 0. The fourth-order valence-corrected chi connectivity index (χ4v) is 4.77. The smallest absolute Gasteiger partial charge is 0.208 e. The molecule has 0 aromatic heterocycles. The highest BCUT2D eigenvalue weighted by atomic mass is 32.2. The van der Waals surface area contributed by atoms with E-state index in [1.807, 2.05) is 36.9 Å². The SMILES string of the molecule is C=C/C(=C(\c1cc(C)ccc1C)N1CCOCC1)S(=O)(=O)c1ccc(F)cc1. The van der Waals surface area contributed by atoms with E-state index in [0.29, 0.717) is 32.0 Å². The second kappa shape index (κ2) is 8.29. The van der Waals surface area contributed by atoms with Crippen LogP contribution >= 0.6 is 0 Å². The Morgan fingerprint density at radius 2 is 1.75 bits per heavy atom. The lowest BCUT2D eigenvalue weighted by molar-refractivity contribution is 0.0638. The third-order valence-electron chi connectivity index (χ3n) is 4.81. The molecule has 2 aromatic rings. The first-order valence-corrected chi connectivity index (χ1v) is 10.6. The number of morpholine rings is 1. The maximum absolute atomic E-state index is 13.4. The summed E-state index contributed by atoms with van der Waals surface area (Å²) in [5.74, 6) is -0.481. The van der Waals surface area contributed by atoms with Gasteiger partial charge < -0.3 is 9.64 Å². The number of halogens is 1. The van der Waals surface area contributed by atoms with Crippen LogP contribution in [0.4, 0.5) is 4.39 Å². The monoisotopic (exact) mass is 401 g/mol. The Balaban J connectivity index is 2.28. The van der Waals surface area contributed by atoms with Gasteiger partial charge in [0.25, 0.3) is 0 Å². The molecule has 28 heavy (non-hydrogen) atoms. The Hall–Kier alpha value is -2.44. The van der Waals surface area contributed by atoms with Gasteiger partial charge in [0.2, 0.25) is 9.84 Å². The largest absolute Gasteiger partial charge is 0.378 e. The molecule has 1 aliphatic rings. The predicted molar refractivity (Wildman–Crippen MR) is 109 cm³/mol. The summed E-state index contributed by atoms with van der Waals surface area (Å²) in [5, 5.41) is 0. The molecule has 1 fully saturated rings. The molecule has 148 valence electrons. The molecule has 2 aromatic carbocycles. The van der Waals surface area contributed by atoms with Crippen molar-refractivity contribution in [2.24, 2.45) is 0 Å². The van der Waals surface area contributed by atoms with Gasteiger partial charge in [-0.25, -0.2) is 12.8 Å². The van der Waals surface area contributed by atoms with E-state index < -0.39 is 15.7 Å². The van der Waals surface area contributed by atoms with E-state index in [1.165, 1.54) is 18.2 Å². The van der Waals surface area contributed by atoms with Crippen LogP contribution in [-0.2, 0) is 14.6 Å². The topological polar surface area (TPSA) is 46.6 Å². The molecule has 0 atom stereocenters. The van der Waals surface area contributed by atoms with Gasteiger partial charge in [-0.15, -0.1) is 0 Å². The average Bonchev–Trinajstić information content (AvgIpc) is 2.69. The summed E-state index contributed by atoms with van der Waals surface area (Å²) in [6, 6.07) is 10.8. The molecule has 0 radical (unpaired) electrons. The molecular weight excluding hydrogens is 377 g/mol. The number of hydrogen-bond acceptors (Lipinski definition) is 4. The van der Waals surface area contributed by atoms with Crippen LogP contribution in [0.1, 0.15) is 16.7 Å². The fourth-order valence-electron chi connectivity index (χ4n) is 3.31. The number of allylic oxidation sites excluding steroid dienone is 1. The summed E-state index contributed by atoms with van der Waals surface area (Å²) in [6.07, 6.45) is 1.38. The number of ether oxygens (including phenoxy) is 1. The van der Waals surface area contributed by atoms with Crippen molar-refractivity contribution in [1.29, 1.82) is 0 Å². The third-order valence-corrected chi connectivity index (χ3v) is 6.64. The highest BCUT2D eigenvalue weighted by Crippen LogP contribution is 2.33. The molecule has 0 amide bonds. The minimum atomic E-state index is -3.88. The normalized spacial score (nSPS) is 15.9. The number of aryl methyl sites for hydroxylation is 2. The van der Waals surface area contributed by atoms with Crippen molar-refractivity contribution in [2.75, 3.05) is 26.3 Å². The van der Waals surface area contributed by atoms with Crippen molar-refractivity contribution in [1.82, 2.24) is 4.90 Å². The minimum Gasteiger partial charge on any atom is -0.378 e. The maximum atomic E-state index is 13.4. The van der Waals surface area contributed by atoms with Crippen LogP contribution in [0.5, 0.6) is 0 Å². The van der Waals surface area contributed by atoms with Crippen molar-refractivity contribution < 1.29 is 17.5 Å². The van der Waals surface area contributed by atoms with Crippen molar-refractivity contribution in [3.8, 4) is 0 Å². The Labute approximate surface area is 165 Å². The molecule has 0 unspecified atom stereocenters. The van der Waals surface area contributed by atoms with Gasteiger partial charge in [-0.3, -0.25) is 0 Å². The zero-order valence-corrected chi connectivity index (χ0v) is 16.9. The summed E-state index contributed by atoms with van der Waals surface area (Å²) in [5.41, 5.74) is 3.47. The lowest BCUT2D eigenvalue weighted by Crippen LogP contribution is -2.36. The van der Waals surface area contributed by atoms with Gasteiger partial charge in [0.15, 0.2) is 0 Å². The first-order chi connectivity index (χ1) is 13.3. The van der Waals surface area contributed by atoms with E-state index in [0.717, 1.165) is 28.8 Å². The van der Waals surface area contributed by atoms with Gasteiger partial charge in [0, 0.05) is 18.7 Å². The lowest BCUT2D eigenvalue weighted by Gasteiger charge is -2.33. The minimum absolute atomic E-state index is 0.0415. The zero-order chi connectivity index (χ0) is 20.3. The van der Waals surface area contributed by atoms with Gasteiger partial charge in [-0.05, 0) is 55.8 Å². The second-order valence-electron chi connectivity index (χ2n) is 6.79. The van der Waals surface area contributed by atoms with Crippen LogP contribution in [0.25, 0.3) is 5.70 Å². The van der Waals surface area contributed by atoms with E-state index >= 15 is 0 Å². The first kappa shape index (κ1) is 20.3. The highest BCUT2D eigenvalue weighted by Gasteiger charge is 2.28. The molecule has 6 heteroatoms. The fraction of sp³-hybridized carbons (Fsp3) is 0.273. The molecule has 0 aliphatic carbocycles. The van der Waals surface area contributed by atoms with E-state index in [-0.39, 0.29) is 9.80 Å². The van der Waals surface area contributed by atoms with Crippen LogP contribution in [0.3, 0.4) is 0 Å². The van der Waals surface area contributed by atoms with Gasteiger partial charge in [-0.2, -0.15) is 0 Å². The number of nitrogens with zero attached hydrogens (tertiary/aromatic N) is 1. The molecule has 3 rings (SSSR count). The molecule has 0 saturated carbocycles. The Bertz CT molecular complexity index is 1000. The molecule has 1 aliphatic heterocycles. The Morgan fingerprint density at radius 3 is 2.36 bits per heavy atom. The summed E-state index contributed by atoms with van der Waals surface area (Å²) < 4.78 is 45.6. The summed E-state index contributed by atoms with van der Waals surface area (Å²) in [7, 11) is -3.88. The predicted octanol–water partition coefficient (Wildman–Crippen LogP) is 4.10. The van der Waals surface area contributed by atoms with E-state index in [9.17, 15) is 12.8 Å². The van der Waals surface area contributed by atoms with Crippen molar-refractivity contribution in [2.45, 2.75) is 18.7 Å². The summed E-state index contributed by atoms with van der Waals surface area (Å²) in [4.78, 5) is 2.19. The van der Waals surface area contributed by atoms with Crippen molar-refractivity contribution in [3.63, 3.8) is 0 Å². The Morgan fingerprint density at radius 1 is 1.11 bits per heavy atom. The molecular formula is C22H24FNO3S. The molecule has 4 nitrogen and oxygen atoms in total. The zero-order valence-electron chi connectivity index (χ0n) is 16.1. The molecule has 1 heterocycles. The number of sulfone groups is 1. The Kier molecular flexibility index (Phi) is 6.01. The van der Waals surface area contributed by atoms with Crippen molar-refractivity contribution >= 4 is 15.5 Å².